The van der Waals surface area contributed by atoms with Crippen molar-refractivity contribution in [3.8, 4) is 10.6 Å². The number of carbonyl (C=O) groups excluding carboxylic acids is 2. The van der Waals surface area contributed by atoms with Crippen molar-refractivity contribution in [1.29, 1.82) is 0 Å². The lowest BCUT2D eigenvalue weighted by atomic mass is 10.2. The number of hydrogen-bond acceptors (Lipinski definition) is 9. The van der Waals surface area contributed by atoms with E-state index in [-0.39, 0.29) is 4.90 Å². The highest BCUT2D eigenvalue weighted by atomic mass is 32.2. The van der Waals surface area contributed by atoms with Crippen molar-refractivity contribution < 1.29 is 18.0 Å². The predicted octanol–water partition coefficient (Wildman–Crippen LogP) is 2.45. The number of amides is 3. The Kier molecular flexibility index (Phi) is 6.34. The minimum atomic E-state index is -3.75. The number of anilines is 3. The zero-order valence-electron chi connectivity index (χ0n) is 17.4. The molecule has 0 bridgehead atoms. The first kappa shape index (κ1) is 23.1. The average molecular weight is 508 g/mol. The maximum Gasteiger partial charge on any atom is 0.324 e. The molecule has 1 aliphatic rings. The number of aromatic nitrogens is 2. The Morgan fingerprint density at radius 3 is 2.58 bits per heavy atom. The maximum atomic E-state index is 12.6. The topological polar surface area (TPSA) is 173 Å². The second-order valence-corrected chi connectivity index (χ2v) is 10.8. The lowest BCUT2D eigenvalue weighted by Crippen LogP contribution is -2.45. The number of rotatable bonds is 6. The van der Waals surface area contributed by atoms with Gasteiger partial charge in [0.05, 0.1) is 21.2 Å². The number of primary sulfonamides is 1. The van der Waals surface area contributed by atoms with Crippen LogP contribution in [0.25, 0.3) is 10.6 Å². The number of benzene rings is 1. The van der Waals surface area contributed by atoms with Gasteiger partial charge in [-0.15, -0.1) is 11.3 Å². The Morgan fingerprint density at radius 2 is 1.91 bits per heavy atom. The molecule has 0 radical (unpaired) electrons. The van der Waals surface area contributed by atoms with E-state index in [1.807, 2.05) is 12.3 Å². The highest BCUT2D eigenvalue weighted by molar-refractivity contribution is 7.89. The summed E-state index contributed by atoms with van der Waals surface area (Å²) in [6.45, 7) is 2.29. The van der Waals surface area contributed by atoms with Gasteiger partial charge in [-0.25, -0.2) is 28.3 Å². The molecule has 11 nitrogen and oxygen atoms in total. The molecule has 33 heavy (non-hydrogen) atoms. The zero-order chi connectivity index (χ0) is 23.8. The first-order valence-electron chi connectivity index (χ1n) is 9.82. The summed E-state index contributed by atoms with van der Waals surface area (Å²) in [5.41, 5.74) is 7.44. The number of nitrogens with one attached hydrogen (secondary N) is 2. The van der Waals surface area contributed by atoms with E-state index < -0.39 is 28.0 Å². The van der Waals surface area contributed by atoms with E-state index in [9.17, 15) is 18.0 Å². The number of carbonyl (C=O) groups is 2. The van der Waals surface area contributed by atoms with Crippen molar-refractivity contribution >= 4 is 60.6 Å². The number of aryl methyl sites for hydroxylation is 1. The van der Waals surface area contributed by atoms with Crippen LogP contribution in [-0.4, -0.2) is 47.8 Å². The number of nitrogens with zero attached hydrogens (tertiary/aromatic N) is 3. The van der Waals surface area contributed by atoms with Gasteiger partial charge in [-0.2, -0.15) is 0 Å². The molecule has 4 rings (SSSR count). The fraction of sp³-hybridized carbons (Fsp3) is 0.263. The van der Waals surface area contributed by atoms with Gasteiger partial charge in [-0.05, 0) is 44.0 Å². The molecule has 6 N–H and O–H groups in total. The molecule has 3 heterocycles. The van der Waals surface area contributed by atoms with Crippen LogP contribution in [0, 0.1) is 6.92 Å². The Hall–Kier alpha value is -3.07. The first-order valence-corrected chi connectivity index (χ1v) is 13.1. The number of primary amides is 1. The van der Waals surface area contributed by atoms with Gasteiger partial charge >= 0.3 is 6.03 Å². The molecule has 1 aromatic carbocycles. The number of likely N-dealkylation sites (tertiary alicyclic amines) is 1. The zero-order valence-corrected chi connectivity index (χ0v) is 19.9. The monoisotopic (exact) mass is 507 g/mol. The summed E-state index contributed by atoms with van der Waals surface area (Å²) in [5.74, 6) is -0.513. The van der Waals surface area contributed by atoms with E-state index in [1.165, 1.54) is 39.7 Å². The molecule has 0 spiro atoms. The molecular weight excluding hydrogens is 486 g/mol. The van der Waals surface area contributed by atoms with Crippen LogP contribution in [0.15, 0.2) is 34.5 Å². The second-order valence-electron chi connectivity index (χ2n) is 7.35. The Bertz CT molecular complexity index is 1300. The lowest BCUT2D eigenvalue weighted by molar-refractivity contribution is -0.121. The summed E-state index contributed by atoms with van der Waals surface area (Å²) in [5, 5.41) is 13.9. The fourth-order valence-corrected chi connectivity index (χ4v) is 5.67. The summed E-state index contributed by atoms with van der Waals surface area (Å²) in [6.07, 6.45) is 1.28. The highest BCUT2D eigenvalue weighted by Crippen LogP contribution is 2.35. The Balaban J connectivity index is 1.45. The van der Waals surface area contributed by atoms with E-state index in [2.05, 4.69) is 20.6 Å². The molecule has 1 atom stereocenters. The standard InChI is InChI=1S/C19H21N7O4S3/c1-10-15(32-18(22-10)25-19(28)26-8-2-3-14(26)16(20)27)13-9-31-17(24-13)23-11-4-6-12(7-5-11)33(21,29)30/h4-7,9,14H,2-3,8H2,1H3,(H2,20,27)(H,23,24)(H2,21,29,30)(H,22,25,28)/t14-/m0/s1. The molecule has 1 saturated heterocycles. The molecule has 3 amide bonds. The molecule has 0 saturated carbocycles. The van der Waals surface area contributed by atoms with Gasteiger partial charge in [-0.1, -0.05) is 11.3 Å². The minimum Gasteiger partial charge on any atom is -0.368 e. The number of urea groups is 1. The van der Waals surface area contributed by atoms with Crippen LogP contribution in [0.4, 0.5) is 20.7 Å². The molecule has 174 valence electrons. The lowest BCUT2D eigenvalue weighted by Gasteiger charge is -2.21. The van der Waals surface area contributed by atoms with Crippen molar-refractivity contribution in [3.63, 3.8) is 0 Å². The third kappa shape index (κ3) is 5.13. The van der Waals surface area contributed by atoms with E-state index >= 15 is 0 Å². The third-order valence-electron chi connectivity index (χ3n) is 5.02. The molecule has 1 aliphatic heterocycles. The third-order valence-corrected chi connectivity index (χ3v) is 7.81. The summed E-state index contributed by atoms with van der Waals surface area (Å²) < 4.78 is 22.8. The van der Waals surface area contributed by atoms with Crippen LogP contribution in [0.1, 0.15) is 18.5 Å². The van der Waals surface area contributed by atoms with Crippen LogP contribution in [-0.2, 0) is 14.8 Å². The van der Waals surface area contributed by atoms with Crippen LogP contribution in [0.2, 0.25) is 0 Å². The molecule has 0 aliphatic carbocycles. The van der Waals surface area contributed by atoms with Gasteiger partial charge in [-0.3, -0.25) is 10.1 Å². The molecule has 2 aromatic heterocycles. The van der Waals surface area contributed by atoms with Crippen LogP contribution in [0.3, 0.4) is 0 Å². The normalized spacial score (nSPS) is 16.1. The van der Waals surface area contributed by atoms with Crippen molar-refractivity contribution in [1.82, 2.24) is 14.9 Å². The Morgan fingerprint density at radius 1 is 1.18 bits per heavy atom. The summed E-state index contributed by atoms with van der Waals surface area (Å²) in [6, 6.07) is 5.03. The van der Waals surface area contributed by atoms with Crippen molar-refractivity contribution in [2.24, 2.45) is 10.9 Å². The highest BCUT2D eigenvalue weighted by Gasteiger charge is 2.33. The van der Waals surface area contributed by atoms with Gasteiger partial charge in [0.25, 0.3) is 0 Å². The van der Waals surface area contributed by atoms with E-state index in [0.717, 1.165) is 11.3 Å². The quantitative estimate of drug-likeness (QED) is 0.396. The second kappa shape index (κ2) is 9.05. The summed E-state index contributed by atoms with van der Waals surface area (Å²) >= 11 is 2.66. The number of thiazole rings is 2. The Labute approximate surface area is 197 Å². The van der Waals surface area contributed by atoms with Gasteiger partial charge in [0.15, 0.2) is 10.3 Å². The maximum absolute atomic E-state index is 12.6. The van der Waals surface area contributed by atoms with Crippen LogP contribution in [0.5, 0.6) is 0 Å². The summed E-state index contributed by atoms with van der Waals surface area (Å²) in [4.78, 5) is 35.4. The molecule has 0 unspecified atom stereocenters. The van der Waals surface area contributed by atoms with Crippen molar-refractivity contribution in [2.75, 3.05) is 17.2 Å². The number of nitrogens with two attached hydrogens (primary N) is 2. The van der Waals surface area contributed by atoms with Crippen molar-refractivity contribution in [3.05, 3.63) is 35.3 Å². The van der Waals surface area contributed by atoms with Crippen molar-refractivity contribution in [2.45, 2.75) is 30.7 Å². The fourth-order valence-electron chi connectivity index (χ4n) is 3.44. The first-order chi connectivity index (χ1) is 15.6. The van der Waals surface area contributed by atoms with E-state index in [0.29, 0.717) is 40.3 Å². The molecule has 3 aromatic rings. The molecular formula is C19H21N7O4S3. The summed E-state index contributed by atoms with van der Waals surface area (Å²) in [7, 11) is -3.75. The van der Waals surface area contributed by atoms with Gasteiger partial charge in [0.2, 0.25) is 15.9 Å². The minimum absolute atomic E-state index is 0.0267. The smallest absolute Gasteiger partial charge is 0.324 e. The van der Waals surface area contributed by atoms with E-state index in [1.54, 1.807) is 12.1 Å². The van der Waals surface area contributed by atoms with E-state index in [4.69, 9.17) is 10.9 Å². The van der Waals surface area contributed by atoms with Crippen LogP contribution < -0.4 is 21.5 Å². The van der Waals surface area contributed by atoms with Gasteiger partial charge in [0, 0.05) is 17.6 Å². The molecule has 1 fully saturated rings. The largest absolute Gasteiger partial charge is 0.368 e. The van der Waals surface area contributed by atoms with Gasteiger partial charge in [0.1, 0.15) is 6.04 Å². The number of sulfonamides is 1. The molecule has 14 heteroatoms. The van der Waals surface area contributed by atoms with Crippen LogP contribution >= 0.6 is 22.7 Å². The SMILES string of the molecule is Cc1nc(NC(=O)N2CCC[C@H]2C(N)=O)sc1-c1csc(Nc2ccc(S(N)(=O)=O)cc2)n1. The number of hydrogen-bond donors (Lipinski definition) is 4. The van der Waals surface area contributed by atoms with Gasteiger partial charge < -0.3 is 16.0 Å². The predicted molar refractivity (Wildman–Crippen MR) is 127 cm³/mol. The average Bonchev–Trinajstić information content (AvgIpc) is 3.47.